The van der Waals surface area contributed by atoms with Crippen LogP contribution >= 0.6 is 11.8 Å². The van der Waals surface area contributed by atoms with Crippen LogP contribution in [0.4, 0.5) is 0 Å². The molecule has 3 N–H and O–H groups in total. The molecule has 1 aromatic heterocycles. The predicted octanol–water partition coefficient (Wildman–Crippen LogP) is 3.85. The molecule has 0 amide bonds. The summed E-state index contributed by atoms with van der Waals surface area (Å²) in [6, 6.07) is 11.5. The number of nitrogens with zero attached hydrogens (tertiary/aromatic N) is 2. The zero-order valence-electron chi connectivity index (χ0n) is 37.7. The number of aliphatic hydroxyl groups is 1. The Kier molecular flexibility index (Phi) is 10.7. The standard InChI is InChI=1S/C49H51N3O14S/c1-21-13-26-15-29-45(55)52-30-18-61-48(58)49(28-17-32(59-5)33(16-24(28)11-12-50-49)66-47(57)27-14-25-9-7-8-10-31(25)65-46(27)56)19-67-44(38(52)37(51(29)4)34(26)39(54)40(21)60-6)36-35(30)43-42(62-20-63-43)22(2)41(36)64-23(3)53/h7-10,13-14,16-17,29-30,35-38,41,43-45,50,54-55H,11-12,15,18-20H2,1-6H3/t29-,30?,35?,36?,37+,38?,41?,43?,44+,45-,49+/m0/s1. The van der Waals surface area contributed by atoms with Crippen LogP contribution in [0.5, 0.6) is 23.0 Å². The molecule has 67 heavy (non-hydrogen) atoms. The first-order chi connectivity index (χ1) is 32.3. The molecular formula is C49H51N3O14S. The van der Waals surface area contributed by atoms with Crippen molar-refractivity contribution in [3.63, 3.8) is 0 Å². The van der Waals surface area contributed by atoms with Crippen molar-refractivity contribution in [1.82, 2.24) is 15.1 Å². The van der Waals surface area contributed by atoms with Crippen LogP contribution in [-0.2, 0) is 46.9 Å². The fourth-order valence-corrected chi connectivity index (χ4v) is 14.3. The SMILES string of the molecule is COc1cc2c(cc1OC(=O)c1cc3ccccc3oc1=O)CCN[C@]21CS[C@@H]2C3C(OC(C)=O)C(C)=C4OCOC4C3C(COC1=O)N1C2[C@H]2c3c(cc(C)c(OC)c3O)C[C@@H]([C@@H]1O)N2C. The lowest BCUT2D eigenvalue weighted by Gasteiger charge is -2.66. The van der Waals surface area contributed by atoms with Gasteiger partial charge in [-0.05, 0) is 80.3 Å². The summed E-state index contributed by atoms with van der Waals surface area (Å²) in [5.74, 6) is -1.67. The largest absolute Gasteiger partial charge is 0.504 e. The molecule has 11 atom stereocenters. The van der Waals surface area contributed by atoms with Gasteiger partial charge >= 0.3 is 23.5 Å². The minimum Gasteiger partial charge on any atom is -0.504 e. The molecule has 4 aromatic rings. The van der Waals surface area contributed by atoms with Gasteiger partial charge in [0.05, 0.1) is 32.3 Å². The number of phenols is 1. The number of phenolic OH excluding ortho intramolecular Hbond substituents is 1. The maximum atomic E-state index is 15.1. The number of carbonyl (C=O) groups is 3. The molecule has 12 rings (SSSR count). The quantitative estimate of drug-likeness (QED) is 0.148. The van der Waals surface area contributed by atoms with E-state index in [4.69, 9.17) is 37.6 Å². The molecule has 8 heterocycles. The highest BCUT2D eigenvalue weighted by molar-refractivity contribution is 8.00. The van der Waals surface area contributed by atoms with E-state index in [9.17, 15) is 24.6 Å². The number of methoxy groups -OCH3 is 2. The third-order valence-corrected chi connectivity index (χ3v) is 16.8. The van der Waals surface area contributed by atoms with Gasteiger partial charge in [0.1, 0.15) is 41.9 Å². The van der Waals surface area contributed by atoms with E-state index in [1.807, 2.05) is 27.0 Å². The Bertz CT molecular complexity index is 2850. The number of benzene rings is 3. The number of esters is 3. The van der Waals surface area contributed by atoms with Crippen LogP contribution in [0.15, 0.2) is 69.1 Å². The molecule has 1 aliphatic carbocycles. The lowest BCUT2D eigenvalue weighted by atomic mass is 9.62. The summed E-state index contributed by atoms with van der Waals surface area (Å²) >= 11 is 1.50. The van der Waals surface area contributed by atoms with Crippen LogP contribution in [0.3, 0.4) is 0 Å². The second kappa shape index (κ2) is 16.3. The van der Waals surface area contributed by atoms with Gasteiger partial charge < -0.3 is 47.8 Å². The maximum Gasteiger partial charge on any atom is 0.351 e. The summed E-state index contributed by atoms with van der Waals surface area (Å²) in [5.41, 5.74) is 2.04. The summed E-state index contributed by atoms with van der Waals surface area (Å²) in [6.07, 6.45) is -1.54. The minimum absolute atomic E-state index is 0.0172. The Morgan fingerprint density at radius 1 is 0.985 bits per heavy atom. The minimum atomic E-state index is -1.48. The van der Waals surface area contributed by atoms with E-state index in [-0.39, 0.29) is 42.0 Å². The van der Waals surface area contributed by atoms with Crippen molar-refractivity contribution in [3.05, 3.63) is 104 Å². The summed E-state index contributed by atoms with van der Waals surface area (Å²) in [4.78, 5) is 59.1. The molecule has 352 valence electrons. The highest BCUT2D eigenvalue weighted by Crippen LogP contribution is 2.60. The van der Waals surface area contributed by atoms with Gasteiger partial charge in [-0.1, -0.05) is 24.3 Å². The van der Waals surface area contributed by atoms with Gasteiger partial charge in [-0.2, -0.15) is 11.8 Å². The molecule has 4 bridgehead atoms. The van der Waals surface area contributed by atoms with Gasteiger partial charge in [0, 0.05) is 58.9 Å². The van der Waals surface area contributed by atoms with E-state index in [0.717, 1.165) is 16.7 Å². The van der Waals surface area contributed by atoms with Crippen LogP contribution in [0.2, 0.25) is 0 Å². The number of hydrogen-bond acceptors (Lipinski definition) is 18. The monoisotopic (exact) mass is 937 g/mol. The maximum absolute atomic E-state index is 15.1. The Balaban J connectivity index is 1.05. The lowest BCUT2D eigenvalue weighted by molar-refractivity contribution is -0.224. The zero-order chi connectivity index (χ0) is 46.8. The molecule has 17 nitrogen and oxygen atoms in total. The van der Waals surface area contributed by atoms with Crippen LogP contribution in [0.25, 0.3) is 11.0 Å². The van der Waals surface area contributed by atoms with E-state index < -0.39 is 88.8 Å². The van der Waals surface area contributed by atoms with E-state index in [1.165, 1.54) is 39.0 Å². The number of aliphatic hydroxyl groups excluding tert-OH is 1. The number of hydrogen-bond donors (Lipinski definition) is 3. The third kappa shape index (κ3) is 6.54. The van der Waals surface area contributed by atoms with E-state index >= 15 is 4.79 Å². The number of piperidine rings is 1. The molecule has 18 heteroatoms. The molecule has 8 aliphatic rings. The Morgan fingerprint density at radius 2 is 1.79 bits per heavy atom. The van der Waals surface area contributed by atoms with Crippen molar-refractivity contribution in [3.8, 4) is 23.0 Å². The number of thioether (sulfide) groups is 1. The zero-order valence-corrected chi connectivity index (χ0v) is 38.5. The van der Waals surface area contributed by atoms with Crippen molar-refractivity contribution >= 4 is 40.6 Å². The second-order valence-electron chi connectivity index (χ2n) is 18.5. The number of rotatable bonds is 5. The number of aromatic hydroxyl groups is 1. The number of piperazine rings is 1. The Labute approximate surface area is 389 Å². The van der Waals surface area contributed by atoms with E-state index in [2.05, 4.69) is 15.1 Å². The number of ether oxygens (including phenoxy) is 7. The number of fused-ring (bicyclic) bond motifs is 10. The van der Waals surface area contributed by atoms with Gasteiger partial charge in [-0.3, -0.25) is 19.9 Å². The molecule has 6 unspecified atom stereocenters. The first kappa shape index (κ1) is 43.9. The van der Waals surface area contributed by atoms with E-state index in [1.54, 1.807) is 36.4 Å². The number of nitrogens with one attached hydrogen (secondary N) is 1. The summed E-state index contributed by atoms with van der Waals surface area (Å²) in [5, 5.41) is 28.5. The summed E-state index contributed by atoms with van der Waals surface area (Å²) < 4.78 is 48.3. The number of likely N-dealkylation sites (N-methyl/N-ethyl adjacent to an activating group) is 1. The third-order valence-electron chi connectivity index (χ3n) is 15.2. The van der Waals surface area contributed by atoms with Crippen molar-refractivity contribution in [1.29, 1.82) is 0 Å². The normalized spacial score (nSPS) is 32.0. The fraction of sp³-hybridized carbons (Fsp3) is 0.469. The first-order valence-electron chi connectivity index (χ1n) is 22.5. The van der Waals surface area contributed by atoms with Gasteiger partial charge in [0.15, 0.2) is 35.3 Å². The first-order valence-corrected chi connectivity index (χ1v) is 23.5. The fourth-order valence-electron chi connectivity index (χ4n) is 12.4. The molecule has 0 radical (unpaired) electrons. The van der Waals surface area contributed by atoms with Gasteiger partial charge in [0.25, 0.3) is 0 Å². The van der Waals surface area contributed by atoms with Crippen molar-refractivity contribution in [2.75, 3.05) is 47.0 Å². The molecule has 1 spiro atoms. The highest BCUT2D eigenvalue weighted by Gasteiger charge is 2.67. The van der Waals surface area contributed by atoms with Crippen molar-refractivity contribution in [2.45, 2.75) is 87.0 Å². The Hall–Kier alpha value is -5.63. The highest BCUT2D eigenvalue weighted by atomic mass is 32.2. The van der Waals surface area contributed by atoms with Crippen LogP contribution < -0.4 is 25.2 Å². The van der Waals surface area contributed by atoms with Crippen molar-refractivity contribution in [2.24, 2.45) is 11.8 Å². The van der Waals surface area contributed by atoms with E-state index in [0.29, 0.717) is 58.6 Å². The van der Waals surface area contributed by atoms with Crippen LogP contribution in [0, 0.1) is 18.8 Å². The predicted molar refractivity (Wildman–Crippen MR) is 240 cm³/mol. The smallest absolute Gasteiger partial charge is 0.351 e. The molecule has 7 aliphatic heterocycles. The molecule has 0 saturated carbocycles. The summed E-state index contributed by atoms with van der Waals surface area (Å²) in [7, 11) is 4.91. The van der Waals surface area contributed by atoms with Crippen molar-refractivity contribution < 1.29 is 62.2 Å². The average molecular weight is 938 g/mol. The Morgan fingerprint density at radius 3 is 2.57 bits per heavy atom. The van der Waals surface area contributed by atoms with Crippen LogP contribution in [0.1, 0.15) is 58.1 Å². The molecule has 3 aromatic carbocycles. The number of carbonyl (C=O) groups excluding carboxylic acids is 3. The molecular weight excluding hydrogens is 887 g/mol. The van der Waals surface area contributed by atoms with Crippen LogP contribution in [-0.4, -0.2) is 127 Å². The second-order valence-corrected chi connectivity index (χ2v) is 19.7. The number of para-hydroxylation sites is 1. The molecule has 5 fully saturated rings. The van der Waals surface area contributed by atoms with Gasteiger partial charge in [0.2, 0.25) is 0 Å². The van der Waals surface area contributed by atoms with Gasteiger partial charge in [-0.15, -0.1) is 0 Å². The average Bonchev–Trinajstić information content (AvgIpc) is 3.80. The molecule has 5 saturated heterocycles. The lowest BCUT2D eigenvalue weighted by Crippen LogP contribution is -2.78. The topological polar surface area (TPSA) is 205 Å². The van der Waals surface area contributed by atoms with Gasteiger partial charge in [-0.25, -0.2) is 14.4 Å². The summed E-state index contributed by atoms with van der Waals surface area (Å²) in [6.45, 7) is 5.31. The number of aryl methyl sites for hydroxylation is 1.